The van der Waals surface area contributed by atoms with Crippen LogP contribution in [-0.4, -0.2) is 29.2 Å². The number of esters is 2. The molecule has 0 spiro atoms. The monoisotopic (exact) mass is 276 g/mol. The molecular formula is C13H12N2O5. The predicted molar refractivity (Wildman–Crippen MR) is 66.2 cm³/mol. The summed E-state index contributed by atoms with van der Waals surface area (Å²) in [5.41, 5.74) is 0.770. The van der Waals surface area contributed by atoms with E-state index in [-0.39, 0.29) is 12.5 Å². The van der Waals surface area contributed by atoms with Gasteiger partial charge in [-0.1, -0.05) is 18.2 Å². The summed E-state index contributed by atoms with van der Waals surface area (Å²) in [6.45, 7) is -0.185. The van der Waals surface area contributed by atoms with Crippen LogP contribution < -0.4 is 0 Å². The Morgan fingerprint density at radius 3 is 2.60 bits per heavy atom. The molecule has 0 bridgehead atoms. The van der Waals surface area contributed by atoms with Crippen molar-refractivity contribution in [2.45, 2.75) is 13.0 Å². The molecule has 2 aromatic rings. The van der Waals surface area contributed by atoms with Crippen LogP contribution in [0.4, 0.5) is 0 Å². The van der Waals surface area contributed by atoms with Gasteiger partial charge >= 0.3 is 11.9 Å². The van der Waals surface area contributed by atoms with E-state index in [0.717, 1.165) is 5.56 Å². The Hall–Kier alpha value is -2.70. The number of aromatic nitrogens is 2. The van der Waals surface area contributed by atoms with Crippen LogP contribution in [0.15, 0.2) is 34.7 Å². The number of hydrogen-bond donors (Lipinski definition) is 0. The highest BCUT2D eigenvalue weighted by atomic mass is 16.6. The first-order valence-corrected chi connectivity index (χ1v) is 5.79. The number of hydrogen-bond acceptors (Lipinski definition) is 7. The molecule has 0 atom stereocenters. The zero-order valence-corrected chi connectivity index (χ0v) is 10.7. The summed E-state index contributed by atoms with van der Waals surface area (Å²) in [6, 6.07) is 9.20. The highest BCUT2D eigenvalue weighted by molar-refractivity contribution is 5.91. The van der Waals surface area contributed by atoms with Gasteiger partial charge in [0.1, 0.15) is 6.42 Å². The van der Waals surface area contributed by atoms with E-state index in [1.165, 1.54) is 7.11 Å². The van der Waals surface area contributed by atoms with Crippen LogP contribution in [-0.2, 0) is 25.7 Å². The predicted octanol–water partition coefficient (Wildman–Crippen LogP) is 1.34. The largest absolute Gasteiger partial charge is 0.469 e. The number of carbonyl (C=O) groups excluding carboxylic acids is 2. The van der Waals surface area contributed by atoms with Crippen LogP contribution >= 0.6 is 0 Å². The summed E-state index contributed by atoms with van der Waals surface area (Å²) in [5, 5.41) is 7.60. The number of rotatable bonds is 5. The van der Waals surface area contributed by atoms with Crippen molar-refractivity contribution >= 4 is 11.9 Å². The van der Waals surface area contributed by atoms with E-state index in [4.69, 9.17) is 9.15 Å². The molecule has 7 nitrogen and oxygen atoms in total. The van der Waals surface area contributed by atoms with Crippen molar-refractivity contribution in [3.8, 4) is 11.5 Å². The minimum absolute atomic E-state index is 0.155. The maximum absolute atomic E-state index is 11.2. The lowest BCUT2D eigenvalue weighted by Crippen LogP contribution is -2.12. The molecule has 1 aromatic heterocycles. The second kappa shape index (κ2) is 6.46. The van der Waals surface area contributed by atoms with Crippen molar-refractivity contribution in [3.63, 3.8) is 0 Å². The van der Waals surface area contributed by atoms with E-state index >= 15 is 0 Å². The molecule has 0 aliphatic rings. The highest BCUT2D eigenvalue weighted by Crippen LogP contribution is 2.17. The fraction of sp³-hybridized carbons (Fsp3) is 0.231. The van der Waals surface area contributed by atoms with E-state index in [9.17, 15) is 9.59 Å². The summed E-state index contributed by atoms with van der Waals surface area (Å²) >= 11 is 0. The first-order valence-electron chi connectivity index (χ1n) is 5.79. The van der Waals surface area contributed by atoms with Crippen LogP contribution in [0.1, 0.15) is 12.3 Å². The molecule has 0 aliphatic carbocycles. The minimum Gasteiger partial charge on any atom is -0.469 e. The quantitative estimate of drug-likeness (QED) is 0.601. The van der Waals surface area contributed by atoms with E-state index in [1.54, 1.807) is 0 Å². The Labute approximate surface area is 114 Å². The zero-order valence-electron chi connectivity index (χ0n) is 10.7. The number of nitrogens with zero attached hydrogens (tertiary/aromatic N) is 2. The summed E-state index contributed by atoms with van der Waals surface area (Å²) < 4.78 is 14.5. The minimum atomic E-state index is -0.712. The summed E-state index contributed by atoms with van der Waals surface area (Å²) in [7, 11) is 1.19. The number of ether oxygens (including phenoxy) is 2. The Morgan fingerprint density at radius 1 is 1.15 bits per heavy atom. The van der Waals surface area contributed by atoms with Gasteiger partial charge in [-0.3, -0.25) is 9.59 Å². The molecule has 104 valence electrons. The molecule has 2 rings (SSSR count). The van der Waals surface area contributed by atoms with E-state index < -0.39 is 18.4 Å². The topological polar surface area (TPSA) is 91.5 Å². The zero-order chi connectivity index (χ0) is 14.4. The Morgan fingerprint density at radius 2 is 1.90 bits per heavy atom. The molecule has 0 fully saturated rings. The van der Waals surface area contributed by atoms with Crippen molar-refractivity contribution in [2.24, 2.45) is 0 Å². The average Bonchev–Trinajstić information content (AvgIpc) is 2.95. The fourth-order valence-electron chi connectivity index (χ4n) is 1.39. The second-order valence-corrected chi connectivity index (χ2v) is 3.78. The van der Waals surface area contributed by atoms with Gasteiger partial charge in [0.2, 0.25) is 5.89 Å². The fourth-order valence-corrected chi connectivity index (χ4v) is 1.39. The first-order chi connectivity index (χ1) is 9.69. The maximum atomic E-state index is 11.2. The third-order valence-corrected chi connectivity index (χ3v) is 2.36. The molecule has 1 heterocycles. The summed E-state index contributed by atoms with van der Waals surface area (Å²) in [4.78, 5) is 22.1. The summed E-state index contributed by atoms with van der Waals surface area (Å²) in [6.07, 6.45) is -0.448. The molecule has 0 radical (unpaired) electrons. The molecule has 0 saturated carbocycles. The molecule has 7 heteroatoms. The lowest BCUT2D eigenvalue weighted by molar-refractivity contribution is -0.154. The SMILES string of the molecule is COC(=O)CC(=O)OCc1nnc(-c2ccccc2)o1. The average molecular weight is 276 g/mol. The molecular weight excluding hydrogens is 264 g/mol. The molecule has 0 amide bonds. The second-order valence-electron chi connectivity index (χ2n) is 3.78. The highest BCUT2D eigenvalue weighted by Gasteiger charge is 2.13. The van der Waals surface area contributed by atoms with Crippen LogP contribution in [0.2, 0.25) is 0 Å². The Kier molecular flexibility index (Phi) is 4.43. The number of carbonyl (C=O) groups is 2. The molecule has 1 aromatic carbocycles. The third-order valence-electron chi connectivity index (χ3n) is 2.36. The molecule has 0 N–H and O–H groups in total. The van der Waals surface area contributed by atoms with Gasteiger partial charge < -0.3 is 13.9 Å². The van der Waals surface area contributed by atoms with Crippen molar-refractivity contribution in [1.82, 2.24) is 10.2 Å². The van der Waals surface area contributed by atoms with E-state index in [2.05, 4.69) is 14.9 Å². The maximum Gasteiger partial charge on any atom is 0.317 e. The van der Waals surface area contributed by atoms with Crippen molar-refractivity contribution < 1.29 is 23.5 Å². The van der Waals surface area contributed by atoms with Crippen molar-refractivity contribution in [3.05, 3.63) is 36.2 Å². The van der Waals surface area contributed by atoms with Gasteiger partial charge in [0.15, 0.2) is 6.61 Å². The molecule has 0 saturated heterocycles. The normalized spacial score (nSPS) is 10.1. The van der Waals surface area contributed by atoms with Gasteiger partial charge in [-0.15, -0.1) is 10.2 Å². The summed E-state index contributed by atoms with van der Waals surface area (Å²) in [5.74, 6) is -0.881. The van der Waals surface area contributed by atoms with Gasteiger partial charge in [0, 0.05) is 5.56 Å². The van der Waals surface area contributed by atoms with Gasteiger partial charge in [-0.05, 0) is 12.1 Å². The van der Waals surface area contributed by atoms with Gasteiger partial charge in [-0.2, -0.15) is 0 Å². The van der Waals surface area contributed by atoms with Crippen LogP contribution in [0, 0.1) is 0 Å². The lowest BCUT2D eigenvalue weighted by Gasteiger charge is -2.00. The van der Waals surface area contributed by atoms with Gasteiger partial charge in [-0.25, -0.2) is 0 Å². The lowest BCUT2D eigenvalue weighted by atomic mass is 10.2. The Balaban J connectivity index is 1.91. The number of benzene rings is 1. The van der Waals surface area contributed by atoms with E-state index in [1.807, 2.05) is 30.3 Å². The van der Waals surface area contributed by atoms with Crippen molar-refractivity contribution in [2.75, 3.05) is 7.11 Å². The number of methoxy groups -OCH3 is 1. The van der Waals surface area contributed by atoms with Gasteiger partial charge in [0.25, 0.3) is 5.89 Å². The Bertz CT molecular complexity index is 594. The third kappa shape index (κ3) is 3.64. The first kappa shape index (κ1) is 13.7. The van der Waals surface area contributed by atoms with Crippen LogP contribution in [0.25, 0.3) is 11.5 Å². The molecule has 0 aliphatic heterocycles. The van der Waals surface area contributed by atoms with Crippen LogP contribution in [0.5, 0.6) is 0 Å². The standard InChI is InChI=1S/C13H12N2O5/c1-18-11(16)7-12(17)19-8-10-14-15-13(20-10)9-5-3-2-4-6-9/h2-6H,7-8H2,1H3. The molecule has 0 unspecified atom stereocenters. The molecule has 20 heavy (non-hydrogen) atoms. The van der Waals surface area contributed by atoms with Crippen LogP contribution in [0.3, 0.4) is 0 Å². The van der Waals surface area contributed by atoms with Crippen molar-refractivity contribution in [1.29, 1.82) is 0 Å². The van der Waals surface area contributed by atoms with Gasteiger partial charge in [0.05, 0.1) is 7.11 Å². The smallest absolute Gasteiger partial charge is 0.317 e. The van der Waals surface area contributed by atoms with E-state index in [0.29, 0.717) is 5.89 Å².